The molecule has 0 saturated heterocycles. The number of para-hydroxylation sites is 1. The van der Waals surface area contributed by atoms with Gasteiger partial charge in [0.1, 0.15) is 0 Å². The number of benzene rings is 3. The topological polar surface area (TPSA) is 54.0 Å². The zero-order valence-corrected chi connectivity index (χ0v) is 19.4. The summed E-state index contributed by atoms with van der Waals surface area (Å²) in [5, 5.41) is 16.5. The Morgan fingerprint density at radius 2 is 1.56 bits per heavy atom. The molecule has 0 atom stereocenters. The van der Waals surface area contributed by atoms with Crippen LogP contribution >= 0.6 is 34.5 Å². The van der Waals surface area contributed by atoms with Crippen molar-refractivity contribution in [1.29, 1.82) is 0 Å². The van der Waals surface area contributed by atoms with Gasteiger partial charge in [-0.15, -0.1) is 16.4 Å². The zero-order valence-electron chi connectivity index (χ0n) is 17.1. The standard InChI is InChI=1S/C24H19Cl2N5S/c1-17(15-27-29-21-5-3-2-4-6-21)28-30-24-31(22-13-11-20(26)12-14-22)23(16-32-24)18-7-9-19(25)10-8-18/h2-16,29H,1H3/b27-15+,28-17-,30-24-. The summed E-state index contributed by atoms with van der Waals surface area (Å²) in [5.74, 6) is 0. The van der Waals surface area contributed by atoms with Gasteiger partial charge in [-0.25, -0.2) is 0 Å². The molecule has 0 unspecified atom stereocenters. The average Bonchev–Trinajstić information content (AvgIpc) is 3.23. The largest absolute Gasteiger partial charge is 0.284 e. The van der Waals surface area contributed by atoms with E-state index in [-0.39, 0.29) is 0 Å². The fourth-order valence-corrected chi connectivity index (χ4v) is 4.01. The molecule has 8 heteroatoms. The third-order valence-corrected chi connectivity index (χ3v) is 5.77. The molecule has 1 N–H and O–H groups in total. The van der Waals surface area contributed by atoms with Crippen LogP contribution in [0, 0.1) is 0 Å². The maximum absolute atomic E-state index is 6.10. The number of aromatic nitrogens is 1. The molecule has 1 heterocycles. The third-order valence-electron chi connectivity index (χ3n) is 4.45. The number of hydrazone groups is 1. The molecule has 32 heavy (non-hydrogen) atoms. The quantitative estimate of drug-likeness (QED) is 0.237. The van der Waals surface area contributed by atoms with Gasteiger partial charge in [-0.3, -0.25) is 9.99 Å². The molecule has 0 aliphatic rings. The maximum Gasteiger partial charge on any atom is 0.215 e. The van der Waals surface area contributed by atoms with Crippen molar-refractivity contribution in [2.75, 3.05) is 5.43 Å². The van der Waals surface area contributed by atoms with E-state index in [1.54, 1.807) is 6.21 Å². The molecule has 4 aromatic rings. The molecule has 0 fully saturated rings. The first-order chi connectivity index (χ1) is 15.6. The maximum atomic E-state index is 6.10. The van der Waals surface area contributed by atoms with Crippen LogP contribution in [-0.2, 0) is 0 Å². The van der Waals surface area contributed by atoms with Crippen LogP contribution in [-0.4, -0.2) is 16.5 Å². The lowest BCUT2D eigenvalue weighted by Crippen LogP contribution is -2.13. The van der Waals surface area contributed by atoms with E-state index in [1.165, 1.54) is 11.3 Å². The molecule has 0 saturated carbocycles. The van der Waals surface area contributed by atoms with E-state index >= 15 is 0 Å². The van der Waals surface area contributed by atoms with Crippen molar-refractivity contribution in [1.82, 2.24) is 4.57 Å². The summed E-state index contributed by atoms with van der Waals surface area (Å²) in [4.78, 5) is 0.723. The van der Waals surface area contributed by atoms with Crippen LogP contribution in [0.15, 0.2) is 99.5 Å². The van der Waals surface area contributed by atoms with E-state index in [1.807, 2.05) is 95.7 Å². The summed E-state index contributed by atoms with van der Waals surface area (Å²) >= 11 is 13.7. The van der Waals surface area contributed by atoms with Crippen LogP contribution in [0.4, 0.5) is 5.69 Å². The van der Waals surface area contributed by atoms with Crippen molar-refractivity contribution in [3.63, 3.8) is 0 Å². The lowest BCUT2D eigenvalue weighted by molar-refractivity contribution is 0.971. The Kier molecular flexibility index (Phi) is 7.17. The van der Waals surface area contributed by atoms with Gasteiger partial charge in [0, 0.05) is 21.1 Å². The molecule has 5 nitrogen and oxygen atoms in total. The summed E-state index contributed by atoms with van der Waals surface area (Å²) in [7, 11) is 0. The fourth-order valence-electron chi connectivity index (χ4n) is 2.90. The van der Waals surface area contributed by atoms with Crippen LogP contribution in [0.3, 0.4) is 0 Å². The van der Waals surface area contributed by atoms with Crippen molar-refractivity contribution < 1.29 is 0 Å². The molecular weight excluding hydrogens is 461 g/mol. The van der Waals surface area contributed by atoms with Gasteiger partial charge in [0.15, 0.2) is 0 Å². The molecule has 0 aliphatic heterocycles. The minimum absolute atomic E-state index is 0.664. The first-order valence-electron chi connectivity index (χ1n) is 9.75. The highest BCUT2D eigenvalue weighted by molar-refractivity contribution is 7.07. The van der Waals surface area contributed by atoms with Gasteiger partial charge in [-0.2, -0.15) is 10.2 Å². The van der Waals surface area contributed by atoms with E-state index in [9.17, 15) is 0 Å². The second-order valence-corrected chi connectivity index (χ2v) is 8.51. The monoisotopic (exact) mass is 479 g/mol. The molecule has 3 aromatic carbocycles. The molecule has 0 radical (unpaired) electrons. The first kappa shape index (κ1) is 22.0. The number of nitrogens with zero attached hydrogens (tertiary/aromatic N) is 4. The summed E-state index contributed by atoms with van der Waals surface area (Å²) in [6, 6.07) is 25.0. The number of anilines is 1. The van der Waals surface area contributed by atoms with Crippen LogP contribution in [0.5, 0.6) is 0 Å². The minimum Gasteiger partial charge on any atom is -0.284 e. The highest BCUT2D eigenvalue weighted by Crippen LogP contribution is 2.25. The van der Waals surface area contributed by atoms with E-state index < -0.39 is 0 Å². The predicted molar refractivity (Wildman–Crippen MR) is 136 cm³/mol. The smallest absolute Gasteiger partial charge is 0.215 e. The van der Waals surface area contributed by atoms with Gasteiger partial charge >= 0.3 is 0 Å². The third kappa shape index (κ3) is 5.53. The van der Waals surface area contributed by atoms with Crippen LogP contribution in [0.2, 0.25) is 10.0 Å². The molecule has 1 aromatic heterocycles. The number of hydrogen-bond donors (Lipinski definition) is 1. The van der Waals surface area contributed by atoms with E-state index in [0.717, 1.165) is 27.4 Å². The molecule has 0 amide bonds. The Morgan fingerprint density at radius 3 is 2.25 bits per heavy atom. The Balaban J connectivity index is 1.68. The minimum atomic E-state index is 0.664. The van der Waals surface area contributed by atoms with Crippen LogP contribution in [0.25, 0.3) is 16.9 Å². The molecule has 160 valence electrons. The van der Waals surface area contributed by atoms with Crippen molar-refractivity contribution in [2.45, 2.75) is 6.92 Å². The molecule has 0 aliphatic carbocycles. The lowest BCUT2D eigenvalue weighted by atomic mass is 10.1. The van der Waals surface area contributed by atoms with Crippen LogP contribution in [0.1, 0.15) is 6.92 Å². The van der Waals surface area contributed by atoms with Crippen molar-refractivity contribution in [3.8, 4) is 16.9 Å². The van der Waals surface area contributed by atoms with Gasteiger partial charge in [-0.05, 0) is 61.0 Å². The normalized spacial score (nSPS) is 12.5. The van der Waals surface area contributed by atoms with Gasteiger partial charge in [0.05, 0.1) is 23.3 Å². The predicted octanol–water partition coefficient (Wildman–Crippen LogP) is 6.89. The van der Waals surface area contributed by atoms with E-state index in [2.05, 4.69) is 20.7 Å². The summed E-state index contributed by atoms with van der Waals surface area (Å²) < 4.78 is 2.04. The SMILES string of the molecule is CC(/C=N/Nc1ccccc1)=N/N=c1\scc(-c2ccc(Cl)cc2)n1-c1ccc(Cl)cc1. The Bertz CT molecular complexity index is 1310. The summed E-state index contributed by atoms with van der Waals surface area (Å²) in [5.41, 5.74) is 7.48. The van der Waals surface area contributed by atoms with Crippen molar-refractivity contribution in [2.24, 2.45) is 15.3 Å². The van der Waals surface area contributed by atoms with E-state index in [4.69, 9.17) is 23.2 Å². The second kappa shape index (κ2) is 10.4. The zero-order chi connectivity index (χ0) is 22.3. The second-order valence-electron chi connectivity index (χ2n) is 6.80. The highest BCUT2D eigenvalue weighted by atomic mass is 35.5. The number of halogens is 2. The Labute approximate surface area is 200 Å². The number of thiazole rings is 1. The van der Waals surface area contributed by atoms with Gasteiger partial charge < -0.3 is 0 Å². The first-order valence-corrected chi connectivity index (χ1v) is 11.4. The van der Waals surface area contributed by atoms with Gasteiger partial charge in [-0.1, -0.05) is 53.5 Å². The lowest BCUT2D eigenvalue weighted by Gasteiger charge is -2.09. The van der Waals surface area contributed by atoms with Gasteiger partial charge in [0.2, 0.25) is 4.80 Å². The van der Waals surface area contributed by atoms with Crippen molar-refractivity contribution in [3.05, 3.63) is 99.1 Å². The van der Waals surface area contributed by atoms with Gasteiger partial charge in [0.25, 0.3) is 0 Å². The summed E-state index contributed by atoms with van der Waals surface area (Å²) in [6.45, 7) is 1.85. The Morgan fingerprint density at radius 1 is 0.906 bits per heavy atom. The number of rotatable bonds is 6. The van der Waals surface area contributed by atoms with Crippen molar-refractivity contribution >= 4 is 52.2 Å². The summed E-state index contributed by atoms with van der Waals surface area (Å²) in [6.07, 6.45) is 1.64. The van der Waals surface area contributed by atoms with Crippen LogP contribution < -0.4 is 10.2 Å². The molecule has 4 rings (SSSR count). The highest BCUT2D eigenvalue weighted by Gasteiger charge is 2.10. The number of nitrogens with one attached hydrogen (secondary N) is 1. The molecular formula is C24H19Cl2N5S. The van der Waals surface area contributed by atoms with E-state index in [0.29, 0.717) is 15.8 Å². The average molecular weight is 480 g/mol. The molecule has 0 bridgehead atoms. The fraction of sp³-hybridized carbons (Fsp3) is 0.0417. The Hall–Kier alpha value is -3.19. The molecule has 0 spiro atoms. The number of hydrogen-bond acceptors (Lipinski definition) is 5.